The predicted molar refractivity (Wildman–Crippen MR) is 102 cm³/mol. The van der Waals surface area contributed by atoms with Crippen molar-refractivity contribution in [2.24, 2.45) is 0 Å². The van der Waals surface area contributed by atoms with Gasteiger partial charge in [0.15, 0.2) is 15.6 Å². The number of rotatable bonds is 7. The van der Waals surface area contributed by atoms with E-state index in [-0.39, 0.29) is 27.1 Å². The Morgan fingerprint density at radius 3 is 2.33 bits per heavy atom. The molecule has 0 aliphatic carbocycles. The molecule has 0 unspecified atom stereocenters. The molecule has 0 aliphatic rings. The second-order valence-electron chi connectivity index (χ2n) is 5.88. The molecule has 1 N–H and O–H groups in total. The van der Waals surface area contributed by atoms with Crippen LogP contribution in [0.3, 0.4) is 0 Å². The number of sulfone groups is 1. The topological polar surface area (TPSA) is 106 Å². The van der Waals surface area contributed by atoms with Crippen LogP contribution in [0.4, 0.5) is 0 Å². The summed E-state index contributed by atoms with van der Waals surface area (Å²) in [5.74, 6) is 0.150. The van der Waals surface area contributed by atoms with Crippen molar-refractivity contribution in [3.63, 3.8) is 0 Å². The van der Waals surface area contributed by atoms with Crippen LogP contribution in [0.2, 0.25) is 0 Å². The van der Waals surface area contributed by atoms with E-state index in [1.54, 1.807) is 41.8 Å². The Balaban J connectivity index is 1.96. The highest BCUT2D eigenvalue weighted by atomic mass is 32.2. The second kappa shape index (κ2) is 7.55. The van der Waals surface area contributed by atoms with Gasteiger partial charge >= 0.3 is 0 Å². The number of benzene rings is 1. The first-order chi connectivity index (χ1) is 12.7. The van der Waals surface area contributed by atoms with Gasteiger partial charge < -0.3 is 4.52 Å². The molecule has 1 aromatic carbocycles. The lowest BCUT2D eigenvalue weighted by molar-refractivity contribution is 0.390. The fraction of sp³-hybridized carbons (Fsp3) is 0.235. The number of sulfonamides is 1. The van der Waals surface area contributed by atoms with Crippen LogP contribution in [-0.4, -0.2) is 28.5 Å². The van der Waals surface area contributed by atoms with Crippen LogP contribution in [0.1, 0.15) is 22.3 Å². The molecule has 0 bridgehead atoms. The average molecular weight is 427 g/mol. The molecular weight excluding hydrogens is 408 g/mol. The first-order valence-corrected chi connectivity index (χ1v) is 11.9. The van der Waals surface area contributed by atoms with Crippen LogP contribution in [0.5, 0.6) is 0 Å². The highest BCUT2D eigenvalue weighted by molar-refractivity contribution is 7.93. The molecule has 3 aromatic rings. The van der Waals surface area contributed by atoms with Crippen molar-refractivity contribution in [3.05, 3.63) is 64.9 Å². The third-order valence-electron chi connectivity index (χ3n) is 4.02. The van der Waals surface area contributed by atoms with E-state index in [0.717, 1.165) is 11.3 Å². The lowest BCUT2D eigenvalue weighted by Crippen LogP contribution is -2.32. The van der Waals surface area contributed by atoms with E-state index in [2.05, 4.69) is 9.88 Å². The maximum absolute atomic E-state index is 13.1. The largest absolute Gasteiger partial charge is 0.360 e. The van der Waals surface area contributed by atoms with Crippen LogP contribution in [0.15, 0.2) is 61.5 Å². The van der Waals surface area contributed by atoms with Gasteiger partial charge in [-0.3, -0.25) is 0 Å². The maximum atomic E-state index is 13.1. The van der Waals surface area contributed by atoms with Gasteiger partial charge in [-0.2, -0.15) is 0 Å². The summed E-state index contributed by atoms with van der Waals surface area (Å²) in [4.78, 5) is -0.0668. The molecule has 2 heterocycles. The van der Waals surface area contributed by atoms with Crippen molar-refractivity contribution < 1.29 is 21.4 Å². The molecular formula is C17H18N2O5S3. The van der Waals surface area contributed by atoms with Gasteiger partial charge in [-0.15, -0.1) is 11.3 Å². The molecule has 0 amide bonds. The minimum absolute atomic E-state index is 0.0668. The Kier molecular flexibility index (Phi) is 5.52. The molecule has 27 heavy (non-hydrogen) atoms. The van der Waals surface area contributed by atoms with Crippen molar-refractivity contribution >= 4 is 31.2 Å². The summed E-state index contributed by atoms with van der Waals surface area (Å²) in [5, 5.41) is 4.25. The standard InChI is InChI=1S/C17H18N2O5S3/c1-12-17(13(2)24-19-12)27(22,23)18-11-15(14-7-4-3-5-8-14)26(20,21)16-9-6-10-25-16/h3-10,15,18H,11H2,1-2H3/t15-/m0/s1. The molecule has 0 saturated carbocycles. The van der Waals surface area contributed by atoms with Gasteiger partial charge in [0.05, 0.1) is 0 Å². The monoisotopic (exact) mass is 426 g/mol. The molecule has 144 valence electrons. The molecule has 2 aromatic heterocycles. The number of nitrogens with zero attached hydrogens (tertiary/aromatic N) is 1. The van der Waals surface area contributed by atoms with Crippen molar-refractivity contribution in [2.75, 3.05) is 6.54 Å². The Labute approximate surface area is 162 Å². The second-order valence-corrected chi connectivity index (χ2v) is 10.9. The highest BCUT2D eigenvalue weighted by Crippen LogP contribution is 2.31. The molecule has 0 radical (unpaired) electrons. The minimum Gasteiger partial charge on any atom is -0.360 e. The minimum atomic E-state index is -3.98. The highest BCUT2D eigenvalue weighted by Gasteiger charge is 2.32. The van der Waals surface area contributed by atoms with Crippen LogP contribution < -0.4 is 4.72 Å². The zero-order valence-electron chi connectivity index (χ0n) is 14.6. The Morgan fingerprint density at radius 1 is 1.07 bits per heavy atom. The molecule has 0 spiro atoms. The summed E-state index contributed by atoms with van der Waals surface area (Å²) in [5.41, 5.74) is 0.727. The first-order valence-electron chi connectivity index (χ1n) is 7.98. The van der Waals surface area contributed by atoms with Gasteiger partial charge in [0.1, 0.15) is 20.0 Å². The van der Waals surface area contributed by atoms with Gasteiger partial charge in [-0.05, 0) is 30.9 Å². The molecule has 7 nitrogen and oxygen atoms in total. The van der Waals surface area contributed by atoms with E-state index in [9.17, 15) is 16.8 Å². The third-order valence-corrected chi connectivity index (χ3v) is 9.22. The number of thiophene rings is 1. The van der Waals surface area contributed by atoms with E-state index in [1.165, 1.54) is 19.9 Å². The van der Waals surface area contributed by atoms with E-state index < -0.39 is 25.1 Å². The van der Waals surface area contributed by atoms with Gasteiger partial charge in [0.2, 0.25) is 10.0 Å². The third kappa shape index (κ3) is 3.98. The number of hydrogen-bond donors (Lipinski definition) is 1. The van der Waals surface area contributed by atoms with Crippen molar-refractivity contribution in [3.8, 4) is 0 Å². The molecule has 1 atom stereocenters. The molecule has 0 aliphatic heterocycles. The Morgan fingerprint density at radius 2 is 1.78 bits per heavy atom. The van der Waals surface area contributed by atoms with Crippen molar-refractivity contribution in [1.82, 2.24) is 9.88 Å². The number of nitrogens with one attached hydrogen (secondary N) is 1. The van der Waals surface area contributed by atoms with Crippen molar-refractivity contribution in [2.45, 2.75) is 28.2 Å². The van der Waals surface area contributed by atoms with E-state index in [1.807, 2.05) is 0 Å². The Hall–Kier alpha value is -2.01. The summed E-state index contributed by atoms with van der Waals surface area (Å²) < 4.78 is 59.0. The number of hydrogen-bond acceptors (Lipinski definition) is 7. The lowest BCUT2D eigenvalue weighted by Gasteiger charge is -2.18. The lowest BCUT2D eigenvalue weighted by atomic mass is 10.1. The fourth-order valence-electron chi connectivity index (χ4n) is 2.76. The van der Waals surface area contributed by atoms with Crippen LogP contribution in [-0.2, 0) is 19.9 Å². The average Bonchev–Trinajstić information content (AvgIpc) is 3.26. The van der Waals surface area contributed by atoms with Gasteiger partial charge in [-0.1, -0.05) is 41.6 Å². The predicted octanol–water partition coefficient (Wildman–Crippen LogP) is 2.85. The van der Waals surface area contributed by atoms with Gasteiger partial charge in [0, 0.05) is 6.54 Å². The SMILES string of the molecule is Cc1noc(C)c1S(=O)(=O)NC[C@@H](c1ccccc1)S(=O)(=O)c1cccs1. The van der Waals surface area contributed by atoms with E-state index in [0.29, 0.717) is 5.56 Å². The first kappa shape index (κ1) is 19.7. The summed E-state index contributed by atoms with van der Waals surface area (Å²) in [6, 6.07) is 11.7. The maximum Gasteiger partial charge on any atom is 0.246 e. The molecule has 10 heteroatoms. The Bertz CT molecular complexity index is 1100. The zero-order chi connectivity index (χ0) is 19.7. The van der Waals surface area contributed by atoms with Crippen LogP contribution >= 0.6 is 11.3 Å². The summed E-state index contributed by atoms with van der Waals surface area (Å²) in [6.45, 7) is 2.70. The molecule has 0 saturated heterocycles. The van der Waals surface area contributed by atoms with Crippen LogP contribution in [0.25, 0.3) is 0 Å². The summed E-state index contributed by atoms with van der Waals surface area (Å²) in [6.07, 6.45) is 0. The van der Waals surface area contributed by atoms with Gasteiger partial charge in [-0.25, -0.2) is 21.6 Å². The van der Waals surface area contributed by atoms with Crippen molar-refractivity contribution in [1.29, 1.82) is 0 Å². The molecule has 3 rings (SSSR count). The molecule has 0 fully saturated rings. The van der Waals surface area contributed by atoms with E-state index in [4.69, 9.17) is 4.52 Å². The van der Waals surface area contributed by atoms with E-state index >= 15 is 0 Å². The van der Waals surface area contributed by atoms with Gasteiger partial charge in [0.25, 0.3) is 0 Å². The smallest absolute Gasteiger partial charge is 0.246 e. The quantitative estimate of drug-likeness (QED) is 0.623. The number of aryl methyl sites for hydroxylation is 2. The van der Waals surface area contributed by atoms with Crippen LogP contribution in [0, 0.1) is 13.8 Å². The number of aromatic nitrogens is 1. The summed E-state index contributed by atoms with van der Waals surface area (Å²) >= 11 is 1.10. The summed E-state index contributed by atoms with van der Waals surface area (Å²) in [7, 11) is -7.75. The fourth-order valence-corrected chi connectivity index (χ4v) is 7.10. The normalized spacial score (nSPS) is 13.6. The zero-order valence-corrected chi connectivity index (χ0v) is 17.1.